The molecular formula is C68H66B2N2. The van der Waals surface area contributed by atoms with Gasteiger partial charge in [0, 0.05) is 34.4 Å². The molecule has 0 atom stereocenters. The Kier molecular flexibility index (Phi) is 11.5. The molecule has 4 heterocycles. The molecule has 0 saturated carbocycles. The molecule has 0 aliphatic carbocycles. The van der Waals surface area contributed by atoms with Gasteiger partial charge in [0.2, 0.25) is 0 Å². The summed E-state index contributed by atoms with van der Waals surface area (Å²) in [5.74, 6) is 0. The number of hydrogen-bond donors (Lipinski definition) is 0. The smallest absolute Gasteiger partial charge is 0.362 e. The Morgan fingerprint density at radius 3 is 0.833 bits per heavy atom. The van der Waals surface area contributed by atoms with Crippen LogP contribution in [0, 0.1) is 83.1 Å². The fraction of sp³-hybridized carbons (Fsp3) is 0.176. The van der Waals surface area contributed by atoms with E-state index in [1.165, 1.54) is 144 Å². The van der Waals surface area contributed by atoms with Gasteiger partial charge in [-0.2, -0.15) is 0 Å². The summed E-state index contributed by atoms with van der Waals surface area (Å²) in [6, 6.07) is 55.6. The van der Waals surface area contributed by atoms with Gasteiger partial charge >= 0.3 is 12.6 Å². The molecule has 354 valence electrons. The zero-order valence-corrected chi connectivity index (χ0v) is 44.4. The van der Waals surface area contributed by atoms with E-state index < -0.39 is 12.6 Å². The van der Waals surface area contributed by atoms with Gasteiger partial charge in [-0.1, -0.05) is 200 Å². The van der Waals surface area contributed by atoms with Crippen molar-refractivity contribution in [1.29, 1.82) is 0 Å². The van der Waals surface area contributed by atoms with Crippen LogP contribution in [-0.4, -0.2) is 12.6 Å². The zero-order valence-electron chi connectivity index (χ0n) is 44.4. The molecule has 2 aromatic heterocycles. The lowest BCUT2D eigenvalue weighted by Gasteiger charge is -2.39. The maximum Gasteiger partial charge on any atom is 0.362 e. The van der Waals surface area contributed by atoms with E-state index in [-0.39, 0.29) is 0 Å². The molecule has 0 fully saturated rings. The third kappa shape index (κ3) is 7.24. The van der Waals surface area contributed by atoms with Gasteiger partial charge in [-0.25, -0.2) is 0 Å². The van der Waals surface area contributed by atoms with Gasteiger partial charge in [0.25, 0.3) is 0 Å². The second-order valence-electron chi connectivity index (χ2n) is 21.9. The minimum atomic E-state index is -1.58. The molecule has 72 heavy (non-hydrogen) atoms. The average molecular weight is 933 g/mol. The normalized spacial score (nSPS) is 13.9. The van der Waals surface area contributed by atoms with Crippen molar-refractivity contribution in [3.63, 3.8) is 0 Å². The van der Waals surface area contributed by atoms with Gasteiger partial charge < -0.3 is 8.96 Å². The lowest BCUT2D eigenvalue weighted by atomic mass is 9.22. The van der Waals surface area contributed by atoms with Crippen molar-refractivity contribution in [1.82, 2.24) is 0 Å². The summed E-state index contributed by atoms with van der Waals surface area (Å²) in [5.41, 5.74) is 34.2. The monoisotopic (exact) mass is 933 g/mol. The van der Waals surface area contributed by atoms with Gasteiger partial charge in [-0.15, -0.1) is 32.8 Å². The van der Waals surface area contributed by atoms with E-state index in [1.807, 2.05) is 0 Å². The van der Waals surface area contributed by atoms with Crippen LogP contribution in [0.5, 0.6) is 0 Å². The van der Waals surface area contributed by atoms with E-state index in [1.54, 1.807) is 0 Å². The molecule has 2 aliphatic rings. The topological polar surface area (TPSA) is 7.76 Å². The van der Waals surface area contributed by atoms with Crippen molar-refractivity contribution in [3.8, 4) is 22.5 Å². The predicted octanol–water partition coefficient (Wildman–Crippen LogP) is 11.3. The van der Waals surface area contributed by atoms with Crippen LogP contribution in [0.25, 0.3) is 46.8 Å². The fourth-order valence-electron chi connectivity index (χ4n) is 14.8. The summed E-state index contributed by atoms with van der Waals surface area (Å²) in [6.45, 7) is 27.4. The summed E-state index contributed by atoms with van der Waals surface area (Å²) in [6.07, 6.45) is 10.8. The standard InChI is InChI=1S/C68H66B2N2/c1-43-33-47(5)65(48(6)34-43)69(66-49(7)35-44(2)36-50(66)8)61-19-15-13-17-59(61)63-31-29-57(41-71(63)69)27-25-55-21-23-56(24-22-55)26-28-58-30-32-64-60-18-14-16-20-62(60)70(72(64)42-58,67-51(9)37-45(3)38-52(67)10)68-53(11)39-46(4)40-54(68)12/h13-42H,1-12H3/b27-25+,28-26+. The lowest BCUT2D eigenvalue weighted by Crippen LogP contribution is -2.84. The number of fused-ring (bicyclic) bond motifs is 6. The Morgan fingerprint density at radius 1 is 0.292 bits per heavy atom. The van der Waals surface area contributed by atoms with Crippen LogP contribution < -0.4 is 41.7 Å². The first-order chi connectivity index (χ1) is 34.6. The number of aromatic nitrogens is 2. The summed E-state index contributed by atoms with van der Waals surface area (Å²) in [5, 5.41) is 0. The molecule has 0 N–H and O–H groups in total. The lowest BCUT2D eigenvalue weighted by molar-refractivity contribution is -0.524. The molecule has 0 saturated heterocycles. The fourth-order valence-corrected chi connectivity index (χ4v) is 14.8. The minimum Gasteiger partial charge on any atom is -0.408 e. The first-order valence-corrected chi connectivity index (χ1v) is 26.0. The van der Waals surface area contributed by atoms with Crippen molar-refractivity contribution in [2.45, 2.75) is 83.1 Å². The third-order valence-electron chi connectivity index (χ3n) is 16.7. The molecule has 11 rings (SSSR count). The molecule has 0 unspecified atom stereocenters. The Labute approximate surface area is 429 Å². The number of benzene rings is 7. The van der Waals surface area contributed by atoms with Crippen LogP contribution in [0.2, 0.25) is 0 Å². The molecule has 0 bridgehead atoms. The number of aryl methyl sites for hydroxylation is 12. The highest BCUT2D eigenvalue weighted by Gasteiger charge is 2.54. The van der Waals surface area contributed by atoms with Crippen LogP contribution in [0.1, 0.15) is 89.0 Å². The predicted molar refractivity (Wildman–Crippen MR) is 311 cm³/mol. The van der Waals surface area contributed by atoms with E-state index in [0.29, 0.717) is 0 Å². The molecule has 2 aliphatic heterocycles. The van der Waals surface area contributed by atoms with Crippen LogP contribution in [0.4, 0.5) is 0 Å². The average Bonchev–Trinajstić information content (AvgIpc) is 3.76. The summed E-state index contributed by atoms with van der Waals surface area (Å²) < 4.78 is 5.31. The molecule has 0 spiro atoms. The summed E-state index contributed by atoms with van der Waals surface area (Å²) in [4.78, 5) is 0. The van der Waals surface area contributed by atoms with Crippen LogP contribution in [0.15, 0.2) is 158 Å². The number of rotatable bonds is 8. The summed E-state index contributed by atoms with van der Waals surface area (Å²) in [7, 11) is 0. The van der Waals surface area contributed by atoms with Crippen molar-refractivity contribution in [2.24, 2.45) is 0 Å². The first kappa shape index (κ1) is 46.8. The molecule has 7 aromatic carbocycles. The highest BCUT2D eigenvalue weighted by molar-refractivity contribution is 7.08. The van der Waals surface area contributed by atoms with Crippen molar-refractivity contribution >= 4 is 69.6 Å². The Balaban J connectivity index is 0.964. The highest BCUT2D eigenvalue weighted by Crippen LogP contribution is 2.31. The molecule has 2 nitrogen and oxygen atoms in total. The van der Waals surface area contributed by atoms with E-state index >= 15 is 0 Å². The van der Waals surface area contributed by atoms with Crippen LogP contribution >= 0.6 is 0 Å². The maximum atomic E-state index is 2.65. The molecule has 0 radical (unpaired) electrons. The third-order valence-corrected chi connectivity index (χ3v) is 16.7. The van der Waals surface area contributed by atoms with Crippen molar-refractivity contribution in [3.05, 3.63) is 247 Å². The first-order valence-electron chi connectivity index (χ1n) is 26.0. The van der Waals surface area contributed by atoms with Crippen LogP contribution in [0.3, 0.4) is 0 Å². The molecular weight excluding hydrogens is 866 g/mol. The number of hydrogen-bond acceptors (Lipinski definition) is 0. The number of nitrogens with zero attached hydrogens (tertiary/aromatic N) is 2. The van der Waals surface area contributed by atoms with E-state index in [0.717, 1.165) is 0 Å². The van der Waals surface area contributed by atoms with Crippen molar-refractivity contribution in [2.75, 3.05) is 0 Å². The van der Waals surface area contributed by atoms with E-state index in [9.17, 15) is 0 Å². The van der Waals surface area contributed by atoms with Crippen LogP contribution in [-0.2, 0) is 0 Å². The van der Waals surface area contributed by atoms with Gasteiger partial charge in [0.1, 0.15) is 12.4 Å². The van der Waals surface area contributed by atoms with E-state index in [2.05, 4.69) is 274 Å². The maximum absolute atomic E-state index is 2.65. The van der Waals surface area contributed by atoms with Crippen molar-refractivity contribution < 1.29 is 8.96 Å². The Hall–Kier alpha value is -7.55. The number of pyridine rings is 2. The Morgan fingerprint density at radius 2 is 0.542 bits per heavy atom. The minimum absolute atomic E-state index is 1.17. The van der Waals surface area contributed by atoms with Gasteiger partial charge in [-0.3, -0.25) is 0 Å². The van der Waals surface area contributed by atoms with Gasteiger partial charge in [0.15, 0.2) is 11.4 Å². The highest BCUT2D eigenvalue weighted by atomic mass is 15.0. The molecule has 4 heteroatoms. The molecule has 9 aromatic rings. The SMILES string of the molecule is Cc1cc(C)c([B-]2(c3c(C)cc(C)cc3C)c3ccccc3-c3ccc(/C=C/c4ccc(/C=C/c5ccc6[n+](c5)[B-](c5c(C)cc(C)cc5C)(c5c(C)cc(C)cc5C)c5ccccc5-6)cc4)c[n+]32)c(C)c1. The quantitative estimate of drug-likeness (QED) is 0.134. The largest absolute Gasteiger partial charge is 0.408 e. The Bertz CT molecular complexity index is 3320. The molecule has 0 amide bonds. The second-order valence-corrected chi connectivity index (χ2v) is 21.9. The van der Waals surface area contributed by atoms with Gasteiger partial charge in [0.05, 0.1) is 0 Å². The summed E-state index contributed by atoms with van der Waals surface area (Å²) >= 11 is 0. The second kappa shape index (κ2) is 17.6. The van der Waals surface area contributed by atoms with Gasteiger partial charge in [-0.05, 0) is 118 Å². The van der Waals surface area contributed by atoms with E-state index in [4.69, 9.17) is 0 Å². The zero-order chi connectivity index (χ0) is 50.4.